The van der Waals surface area contributed by atoms with Gasteiger partial charge in [-0.1, -0.05) is 48.5 Å². The Hall–Kier alpha value is -3.08. The van der Waals surface area contributed by atoms with Gasteiger partial charge in [0.05, 0.1) is 5.71 Å². The number of hydrogen-bond donors (Lipinski definition) is 3. The summed E-state index contributed by atoms with van der Waals surface area (Å²) in [5, 5.41) is 5.35. The second-order valence-corrected chi connectivity index (χ2v) is 5.35. The summed E-state index contributed by atoms with van der Waals surface area (Å²) in [5.74, 6) is 0. The van der Waals surface area contributed by atoms with E-state index in [1.165, 1.54) is 0 Å². The summed E-state index contributed by atoms with van der Waals surface area (Å²) >= 11 is 0. The van der Waals surface area contributed by atoms with Gasteiger partial charge in [-0.3, -0.25) is 0 Å². The van der Waals surface area contributed by atoms with Crippen LogP contribution in [-0.4, -0.2) is 16.7 Å². The predicted molar refractivity (Wildman–Crippen MR) is 92.4 cm³/mol. The second kappa shape index (κ2) is 6.36. The van der Waals surface area contributed by atoms with Crippen LogP contribution < -0.4 is 11.2 Å². The number of benzene rings is 2. The van der Waals surface area contributed by atoms with E-state index < -0.39 is 6.03 Å². The van der Waals surface area contributed by atoms with E-state index in [1.54, 1.807) is 0 Å². The molecule has 0 aliphatic rings. The third kappa shape index (κ3) is 3.23. The maximum absolute atomic E-state index is 11.0. The van der Waals surface area contributed by atoms with Gasteiger partial charge in [0.25, 0.3) is 0 Å². The number of nitrogens with two attached hydrogens (primary N) is 1. The zero-order chi connectivity index (χ0) is 16.2. The Bertz CT molecular complexity index is 865. The van der Waals surface area contributed by atoms with Gasteiger partial charge >= 0.3 is 6.03 Å². The van der Waals surface area contributed by atoms with Crippen molar-refractivity contribution < 1.29 is 4.79 Å². The molecule has 0 saturated heterocycles. The van der Waals surface area contributed by atoms with Crippen molar-refractivity contribution in [1.82, 2.24) is 10.4 Å². The van der Waals surface area contributed by atoms with Crippen LogP contribution in [0.4, 0.5) is 4.79 Å². The van der Waals surface area contributed by atoms with Crippen molar-refractivity contribution in [3.8, 4) is 0 Å². The standard InChI is InChI=1S/C18H18N4O/c1-12-15(14-9-5-6-10-16(14)20-12)11-17(21-22-18(19)23)13-7-3-2-4-8-13/h2-10,20H,11H2,1H3,(H3,19,22,23)/b21-17-. The predicted octanol–water partition coefficient (Wildman–Crippen LogP) is 3.09. The summed E-state index contributed by atoms with van der Waals surface area (Å²) in [6.45, 7) is 2.04. The Kier molecular flexibility index (Phi) is 4.10. The first-order valence-corrected chi connectivity index (χ1v) is 7.39. The van der Waals surface area contributed by atoms with Gasteiger partial charge in [-0.05, 0) is 24.1 Å². The van der Waals surface area contributed by atoms with Crippen LogP contribution in [0.25, 0.3) is 10.9 Å². The minimum Gasteiger partial charge on any atom is -0.358 e. The van der Waals surface area contributed by atoms with Crippen molar-refractivity contribution in [3.05, 3.63) is 71.4 Å². The monoisotopic (exact) mass is 306 g/mol. The van der Waals surface area contributed by atoms with Crippen molar-refractivity contribution in [2.45, 2.75) is 13.3 Å². The highest BCUT2D eigenvalue weighted by atomic mass is 16.2. The lowest BCUT2D eigenvalue weighted by Gasteiger charge is -2.08. The van der Waals surface area contributed by atoms with Crippen LogP contribution in [0.2, 0.25) is 0 Å². The first-order chi connectivity index (χ1) is 11.1. The fraction of sp³-hybridized carbons (Fsp3) is 0.111. The first-order valence-electron chi connectivity index (χ1n) is 7.39. The van der Waals surface area contributed by atoms with Crippen LogP contribution >= 0.6 is 0 Å². The largest absolute Gasteiger partial charge is 0.358 e. The van der Waals surface area contributed by atoms with Crippen LogP contribution in [0.3, 0.4) is 0 Å². The number of para-hydroxylation sites is 1. The highest BCUT2D eigenvalue weighted by molar-refractivity contribution is 6.04. The van der Waals surface area contributed by atoms with Crippen molar-refractivity contribution in [2.24, 2.45) is 10.8 Å². The van der Waals surface area contributed by atoms with Gasteiger partial charge in [-0.15, -0.1) is 0 Å². The van der Waals surface area contributed by atoms with Gasteiger partial charge in [-0.25, -0.2) is 10.2 Å². The zero-order valence-electron chi connectivity index (χ0n) is 12.8. The zero-order valence-corrected chi connectivity index (χ0v) is 12.8. The van der Waals surface area contributed by atoms with Crippen LogP contribution in [-0.2, 0) is 6.42 Å². The van der Waals surface area contributed by atoms with E-state index in [-0.39, 0.29) is 0 Å². The van der Waals surface area contributed by atoms with E-state index in [0.29, 0.717) is 6.42 Å². The number of hydrazone groups is 1. The number of urea groups is 1. The molecular weight excluding hydrogens is 288 g/mol. The van der Waals surface area contributed by atoms with Crippen LogP contribution in [0.5, 0.6) is 0 Å². The molecule has 0 aliphatic heterocycles. The fourth-order valence-corrected chi connectivity index (χ4v) is 2.69. The molecule has 2 amide bonds. The number of nitrogens with one attached hydrogen (secondary N) is 2. The van der Waals surface area contributed by atoms with E-state index >= 15 is 0 Å². The van der Waals surface area contributed by atoms with Gasteiger partial charge in [0.15, 0.2) is 0 Å². The highest BCUT2D eigenvalue weighted by Gasteiger charge is 2.13. The normalized spacial score (nSPS) is 11.6. The molecule has 0 unspecified atom stereocenters. The highest BCUT2D eigenvalue weighted by Crippen LogP contribution is 2.23. The second-order valence-electron chi connectivity index (χ2n) is 5.35. The summed E-state index contributed by atoms with van der Waals surface area (Å²) in [5.41, 5.74) is 12.5. The van der Waals surface area contributed by atoms with Gasteiger partial charge < -0.3 is 10.7 Å². The Morgan fingerprint density at radius 2 is 1.83 bits per heavy atom. The van der Waals surface area contributed by atoms with E-state index in [9.17, 15) is 4.79 Å². The Morgan fingerprint density at radius 1 is 1.13 bits per heavy atom. The lowest BCUT2D eigenvalue weighted by atomic mass is 10.00. The minimum absolute atomic E-state index is 0.597. The topological polar surface area (TPSA) is 83.3 Å². The third-order valence-corrected chi connectivity index (χ3v) is 3.78. The summed E-state index contributed by atoms with van der Waals surface area (Å²) in [6.07, 6.45) is 0.597. The number of aromatic nitrogens is 1. The molecule has 23 heavy (non-hydrogen) atoms. The van der Waals surface area contributed by atoms with Gasteiger partial charge in [0.1, 0.15) is 0 Å². The molecule has 116 valence electrons. The number of aryl methyl sites for hydroxylation is 1. The maximum Gasteiger partial charge on any atom is 0.332 e. The molecule has 0 aliphatic carbocycles. The lowest BCUT2D eigenvalue weighted by molar-refractivity contribution is 0.249. The third-order valence-electron chi connectivity index (χ3n) is 3.78. The number of nitrogens with zero attached hydrogens (tertiary/aromatic N) is 1. The number of fused-ring (bicyclic) bond motifs is 1. The molecule has 0 spiro atoms. The van der Waals surface area contributed by atoms with E-state index in [2.05, 4.69) is 21.6 Å². The number of carbonyl (C=O) groups is 1. The molecular formula is C18H18N4O. The van der Waals surface area contributed by atoms with Crippen molar-refractivity contribution in [2.75, 3.05) is 0 Å². The fourth-order valence-electron chi connectivity index (χ4n) is 2.69. The van der Waals surface area contributed by atoms with Crippen LogP contribution in [0.1, 0.15) is 16.8 Å². The van der Waals surface area contributed by atoms with E-state index in [1.807, 2.05) is 55.5 Å². The summed E-state index contributed by atoms with van der Waals surface area (Å²) < 4.78 is 0. The van der Waals surface area contributed by atoms with E-state index in [0.717, 1.165) is 33.4 Å². The molecule has 0 radical (unpaired) electrons. The van der Waals surface area contributed by atoms with E-state index in [4.69, 9.17) is 5.73 Å². The maximum atomic E-state index is 11.0. The van der Waals surface area contributed by atoms with Gasteiger partial charge in [0.2, 0.25) is 0 Å². The first kappa shape index (κ1) is 14.8. The molecule has 5 nitrogen and oxygen atoms in total. The molecule has 0 atom stereocenters. The molecule has 0 saturated carbocycles. The number of primary amides is 1. The molecule has 1 heterocycles. The Balaban J connectivity index is 2.02. The summed E-state index contributed by atoms with van der Waals surface area (Å²) in [4.78, 5) is 14.4. The molecule has 5 heteroatoms. The van der Waals surface area contributed by atoms with Crippen molar-refractivity contribution >= 4 is 22.6 Å². The molecule has 4 N–H and O–H groups in total. The summed E-state index contributed by atoms with van der Waals surface area (Å²) in [6, 6.07) is 17.2. The Labute approximate surface area is 134 Å². The number of carbonyl (C=O) groups excluding carboxylic acids is 1. The Morgan fingerprint density at radius 3 is 2.57 bits per heavy atom. The summed E-state index contributed by atoms with van der Waals surface area (Å²) in [7, 11) is 0. The quantitative estimate of drug-likeness (QED) is 0.502. The van der Waals surface area contributed by atoms with Gasteiger partial charge in [0, 0.05) is 23.0 Å². The van der Waals surface area contributed by atoms with Crippen molar-refractivity contribution in [1.29, 1.82) is 0 Å². The average molecular weight is 306 g/mol. The van der Waals surface area contributed by atoms with Crippen LogP contribution in [0.15, 0.2) is 59.7 Å². The molecule has 3 aromatic rings. The molecule has 2 aromatic carbocycles. The molecule has 0 fully saturated rings. The number of amides is 2. The van der Waals surface area contributed by atoms with Gasteiger partial charge in [-0.2, -0.15) is 5.10 Å². The lowest BCUT2D eigenvalue weighted by Crippen LogP contribution is -2.26. The average Bonchev–Trinajstić information content (AvgIpc) is 2.87. The van der Waals surface area contributed by atoms with Crippen molar-refractivity contribution in [3.63, 3.8) is 0 Å². The smallest absolute Gasteiger partial charge is 0.332 e. The SMILES string of the molecule is Cc1[nH]c2ccccc2c1C/C(=N/NC(N)=O)c1ccccc1. The minimum atomic E-state index is -0.672. The number of H-pyrrole nitrogens is 1. The molecule has 1 aromatic heterocycles. The number of hydrogen-bond acceptors (Lipinski definition) is 2. The number of rotatable bonds is 4. The molecule has 0 bridgehead atoms. The molecule has 3 rings (SSSR count). The number of aromatic amines is 1. The van der Waals surface area contributed by atoms with Crippen LogP contribution in [0, 0.1) is 6.92 Å².